The van der Waals surface area contributed by atoms with E-state index in [4.69, 9.17) is 8.83 Å². The van der Waals surface area contributed by atoms with Crippen molar-refractivity contribution in [2.45, 2.75) is 6.18 Å². The van der Waals surface area contributed by atoms with Crippen LogP contribution in [0.15, 0.2) is 67.0 Å². The van der Waals surface area contributed by atoms with Crippen molar-refractivity contribution in [3.05, 3.63) is 74.9 Å². The Kier molecular flexibility index (Phi) is 3.99. The van der Waals surface area contributed by atoms with Crippen LogP contribution in [0.2, 0.25) is 0 Å². The van der Waals surface area contributed by atoms with Crippen LogP contribution in [0, 0.1) is 0 Å². The first-order valence-corrected chi connectivity index (χ1v) is 8.18. The number of anilines is 1. The van der Waals surface area contributed by atoms with Crippen LogP contribution in [0.5, 0.6) is 0 Å². The molecule has 0 saturated carbocycles. The van der Waals surface area contributed by atoms with Crippen LogP contribution < -0.4 is 16.6 Å². The third-order valence-electron chi connectivity index (χ3n) is 4.39. The van der Waals surface area contributed by atoms with Crippen molar-refractivity contribution in [3.8, 4) is 11.1 Å². The average molecular weight is 387 g/mol. The maximum Gasteiger partial charge on any atom is 0.417 e. The van der Waals surface area contributed by atoms with Crippen LogP contribution in [-0.2, 0) is 6.18 Å². The van der Waals surface area contributed by atoms with Gasteiger partial charge >= 0.3 is 17.4 Å². The summed E-state index contributed by atoms with van der Waals surface area (Å²) in [5, 5.41) is 3.18. The first kappa shape index (κ1) is 17.8. The van der Waals surface area contributed by atoms with Crippen LogP contribution in [-0.4, -0.2) is 7.05 Å². The minimum absolute atomic E-state index is 0.00205. The number of halogens is 3. The van der Waals surface area contributed by atoms with Gasteiger partial charge < -0.3 is 14.2 Å². The number of alkyl halides is 3. The van der Waals surface area contributed by atoms with E-state index in [1.54, 1.807) is 25.2 Å². The molecule has 2 heterocycles. The molecule has 2 aromatic heterocycles. The molecule has 0 amide bonds. The summed E-state index contributed by atoms with van der Waals surface area (Å²) in [6, 6.07) is 10.9. The zero-order valence-corrected chi connectivity index (χ0v) is 14.4. The molecule has 1 N–H and O–H groups in total. The van der Waals surface area contributed by atoms with E-state index in [-0.39, 0.29) is 22.1 Å². The Balaban J connectivity index is 2.05. The lowest BCUT2D eigenvalue weighted by atomic mass is 10.0. The summed E-state index contributed by atoms with van der Waals surface area (Å²) in [6.45, 7) is 0. The Labute approximate surface area is 155 Å². The number of fused-ring (bicyclic) bond motifs is 2. The molecule has 0 atom stereocenters. The summed E-state index contributed by atoms with van der Waals surface area (Å²) in [6.07, 6.45) is -4.75. The second-order valence-electron chi connectivity index (χ2n) is 6.11. The molecule has 2 aromatic carbocycles. The number of para-hydroxylation sites is 1. The number of rotatable bonds is 2. The third-order valence-corrected chi connectivity index (χ3v) is 4.39. The zero-order chi connectivity index (χ0) is 20.1. The minimum Gasteiger partial charge on any atom is -0.422 e. The molecule has 0 saturated heterocycles. The predicted molar refractivity (Wildman–Crippen MR) is 98.5 cm³/mol. The first-order valence-electron chi connectivity index (χ1n) is 8.18. The molecule has 0 bridgehead atoms. The highest BCUT2D eigenvalue weighted by Gasteiger charge is 2.34. The minimum atomic E-state index is -4.75. The van der Waals surface area contributed by atoms with Crippen LogP contribution in [0.25, 0.3) is 33.1 Å². The van der Waals surface area contributed by atoms with Gasteiger partial charge in [-0.2, -0.15) is 13.2 Å². The van der Waals surface area contributed by atoms with E-state index >= 15 is 0 Å². The average Bonchev–Trinajstić information content (AvgIpc) is 2.65. The molecule has 142 valence electrons. The molecule has 4 rings (SSSR count). The van der Waals surface area contributed by atoms with Crippen LogP contribution >= 0.6 is 0 Å². The van der Waals surface area contributed by atoms with Crippen molar-refractivity contribution in [2.75, 3.05) is 12.4 Å². The van der Waals surface area contributed by atoms with Gasteiger partial charge in [-0.05, 0) is 18.2 Å². The molecule has 8 heteroatoms. The second kappa shape index (κ2) is 6.26. The van der Waals surface area contributed by atoms with Crippen molar-refractivity contribution in [2.24, 2.45) is 0 Å². The number of nitrogens with one attached hydrogen (secondary N) is 1. The van der Waals surface area contributed by atoms with Gasteiger partial charge in [0.2, 0.25) is 0 Å². The molecule has 0 fully saturated rings. The molecule has 0 unspecified atom stereocenters. The molecular formula is C20H12F3NO4. The summed E-state index contributed by atoms with van der Waals surface area (Å²) < 4.78 is 50.3. The van der Waals surface area contributed by atoms with E-state index in [0.29, 0.717) is 17.0 Å². The van der Waals surface area contributed by atoms with E-state index in [1.807, 2.05) is 0 Å². The van der Waals surface area contributed by atoms with Gasteiger partial charge in [0.05, 0.1) is 11.1 Å². The quantitative estimate of drug-likeness (QED) is 0.508. The molecule has 4 aromatic rings. The van der Waals surface area contributed by atoms with Gasteiger partial charge in [-0.15, -0.1) is 0 Å². The lowest BCUT2D eigenvalue weighted by Gasteiger charge is -2.11. The van der Waals surface area contributed by atoms with Gasteiger partial charge in [0.1, 0.15) is 11.2 Å². The second-order valence-corrected chi connectivity index (χ2v) is 6.11. The first-order chi connectivity index (χ1) is 13.3. The Morgan fingerprint density at radius 1 is 0.929 bits per heavy atom. The van der Waals surface area contributed by atoms with Gasteiger partial charge in [-0.25, -0.2) is 9.59 Å². The highest BCUT2D eigenvalue weighted by atomic mass is 19.4. The maximum atomic E-state index is 13.3. The van der Waals surface area contributed by atoms with E-state index in [0.717, 1.165) is 5.69 Å². The standard InChI is InChI=1S/C20H12F3NO4/c1-24-11-6-5-10-7-14(19(26)27-16(10)8-11)12-3-2-4-13-15(20(21,22)23)9-17(25)28-18(12)13/h2-9,24H,1H3. The zero-order valence-electron chi connectivity index (χ0n) is 14.4. The monoisotopic (exact) mass is 387 g/mol. The molecular weight excluding hydrogens is 375 g/mol. The normalized spacial score (nSPS) is 11.9. The van der Waals surface area contributed by atoms with Crippen molar-refractivity contribution in [3.63, 3.8) is 0 Å². The lowest BCUT2D eigenvalue weighted by molar-refractivity contribution is -0.136. The van der Waals surface area contributed by atoms with E-state index < -0.39 is 23.0 Å². The largest absolute Gasteiger partial charge is 0.422 e. The predicted octanol–water partition coefficient (Wildman–Crippen LogP) is 4.63. The Morgan fingerprint density at radius 2 is 1.71 bits per heavy atom. The van der Waals surface area contributed by atoms with E-state index in [2.05, 4.69) is 5.32 Å². The highest BCUT2D eigenvalue weighted by Crippen LogP contribution is 2.37. The van der Waals surface area contributed by atoms with E-state index in [1.165, 1.54) is 24.3 Å². The fourth-order valence-electron chi connectivity index (χ4n) is 3.09. The summed E-state index contributed by atoms with van der Waals surface area (Å²) in [4.78, 5) is 24.2. The summed E-state index contributed by atoms with van der Waals surface area (Å²) >= 11 is 0. The smallest absolute Gasteiger partial charge is 0.417 e. The van der Waals surface area contributed by atoms with Gasteiger partial charge in [-0.1, -0.05) is 18.2 Å². The number of hydrogen-bond acceptors (Lipinski definition) is 5. The molecule has 0 aliphatic heterocycles. The fourth-order valence-corrected chi connectivity index (χ4v) is 3.09. The molecule has 0 spiro atoms. The van der Waals surface area contributed by atoms with Gasteiger partial charge in [-0.3, -0.25) is 0 Å². The van der Waals surface area contributed by atoms with Crippen molar-refractivity contribution < 1.29 is 22.0 Å². The van der Waals surface area contributed by atoms with E-state index in [9.17, 15) is 22.8 Å². The van der Waals surface area contributed by atoms with Gasteiger partial charge in [0.15, 0.2) is 0 Å². The van der Waals surface area contributed by atoms with Crippen LogP contribution in [0.1, 0.15) is 5.56 Å². The van der Waals surface area contributed by atoms with Crippen LogP contribution in [0.3, 0.4) is 0 Å². The van der Waals surface area contributed by atoms with Crippen molar-refractivity contribution in [1.29, 1.82) is 0 Å². The Morgan fingerprint density at radius 3 is 2.43 bits per heavy atom. The number of benzene rings is 2. The van der Waals surface area contributed by atoms with Crippen molar-refractivity contribution in [1.82, 2.24) is 0 Å². The van der Waals surface area contributed by atoms with Crippen molar-refractivity contribution >= 4 is 27.6 Å². The van der Waals surface area contributed by atoms with Gasteiger partial charge in [0, 0.05) is 41.2 Å². The SMILES string of the molecule is CNc1ccc2cc(-c3cccc4c(C(F)(F)F)cc(=O)oc34)c(=O)oc2c1. The number of hydrogen-bond donors (Lipinski definition) is 1. The third kappa shape index (κ3) is 2.92. The molecule has 5 nitrogen and oxygen atoms in total. The Bertz CT molecular complexity index is 1340. The summed E-state index contributed by atoms with van der Waals surface area (Å²) in [5.41, 5.74) is -2.26. The molecule has 28 heavy (non-hydrogen) atoms. The van der Waals surface area contributed by atoms with Crippen LogP contribution in [0.4, 0.5) is 18.9 Å². The van der Waals surface area contributed by atoms with Gasteiger partial charge in [0.25, 0.3) is 0 Å². The topological polar surface area (TPSA) is 72.5 Å². The Hall–Kier alpha value is -3.55. The fraction of sp³-hybridized carbons (Fsp3) is 0.100. The maximum absolute atomic E-state index is 13.3. The highest BCUT2D eigenvalue weighted by molar-refractivity contribution is 5.95. The summed E-state index contributed by atoms with van der Waals surface area (Å²) in [5.74, 6) is 0. The molecule has 0 aliphatic carbocycles. The molecule has 0 radical (unpaired) electrons. The molecule has 0 aliphatic rings. The summed E-state index contributed by atoms with van der Waals surface area (Å²) in [7, 11) is 1.71. The lowest BCUT2D eigenvalue weighted by Crippen LogP contribution is -2.12.